The lowest BCUT2D eigenvalue weighted by Crippen LogP contribution is -2.38. The van der Waals surface area contributed by atoms with E-state index < -0.39 is 0 Å². The van der Waals surface area contributed by atoms with Gasteiger partial charge in [0.2, 0.25) is 5.91 Å². The first-order chi connectivity index (χ1) is 13.2. The van der Waals surface area contributed by atoms with Gasteiger partial charge in [-0.1, -0.05) is 42.5 Å². The van der Waals surface area contributed by atoms with Crippen molar-refractivity contribution in [3.63, 3.8) is 0 Å². The van der Waals surface area contributed by atoms with E-state index in [0.717, 1.165) is 30.0 Å². The molecule has 0 saturated carbocycles. The number of hydrogen-bond acceptors (Lipinski definition) is 5. The van der Waals surface area contributed by atoms with E-state index in [9.17, 15) is 4.79 Å². The molecule has 6 heteroatoms. The first kappa shape index (κ1) is 18.1. The van der Waals surface area contributed by atoms with Crippen LogP contribution in [0.15, 0.2) is 54.6 Å². The average molecular weight is 381 g/mol. The van der Waals surface area contributed by atoms with E-state index in [1.165, 1.54) is 10.3 Å². The molecule has 0 unspecified atom stereocenters. The molecule has 0 aliphatic carbocycles. The van der Waals surface area contributed by atoms with Crippen LogP contribution in [0.3, 0.4) is 0 Å². The number of rotatable bonds is 6. The van der Waals surface area contributed by atoms with Gasteiger partial charge in [-0.15, -0.1) is 11.3 Å². The van der Waals surface area contributed by atoms with Gasteiger partial charge in [0.05, 0.1) is 21.8 Å². The summed E-state index contributed by atoms with van der Waals surface area (Å²) >= 11 is 1.69. The van der Waals surface area contributed by atoms with Crippen LogP contribution in [0.25, 0.3) is 10.2 Å². The molecule has 1 saturated heterocycles. The van der Waals surface area contributed by atoms with E-state index >= 15 is 0 Å². The Morgan fingerprint density at radius 2 is 1.93 bits per heavy atom. The molecule has 4 rings (SSSR count). The highest BCUT2D eigenvalue weighted by atomic mass is 32.1. The molecular formula is C21H24N4OS. The van der Waals surface area contributed by atoms with Crippen molar-refractivity contribution in [2.75, 3.05) is 26.2 Å². The molecule has 0 radical (unpaired) electrons. The highest BCUT2D eigenvalue weighted by Gasteiger charge is 2.31. The number of amides is 1. The summed E-state index contributed by atoms with van der Waals surface area (Å²) in [6.45, 7) is 2.60. The maximum absolute atomic E-state index is 12.3. The summed E-state index contributed by atoms with van der Waals surface area (Å²) in [6.07, 6.45) is 0.761. The van der Waals surface area contributed by atoms with Crippen molar-refractivity contribution in [3.05, 3.63) is 65.2 Å². The van der Waals surface area contributed by atoms with E-state index in [1.807, 2.05) is 36.4 Å². The lowest BCUT2D eigenvalue weighted by atomic mass is 9.95. The Morgan fingerprint density at radius 1 is 1.15 bits per heavy atom. The van der Waals surface area contributed by atoms with Crippen LogP contribution < -0.4 is 11.1 Å². The van der Waals surface area contributed by atoms with Gasteiger partial charge in [0.1, 0.15) is 0 Å². The molecule has 3 aromatic rings. The molecular weight excluding hydrogens is 356 g/mol. The molecule has 0 spiro atoms. The maximum Gasteiger partial charge on any atom is 0.234 e. The van der Waals surface area contributed by atoms with Crippen molar-refractivity contribution in [1.82, 2.24) is 15.2 Å². The van der Waals surface area contributed by atoms with E-state index in [1.54, 1.807) is 11.3 Å². The Labute approximate surface area is 163 Å². The summed E-state index contributed by atoms with van der Waals surface area (Å²) < 4.78 is 1.19. The second-order valence-corrected chi connectivity index (χ2v) is 8.17. The molecule has 1 amide bonds. The molecule has 0 bridgehead atoms. The highest BCUT2D eigenvalue weighted by Crippen LogP contribution is 2.26. The zero-order valence-corrected chi connectivity index (χ0v) is 16.0. The van der Waals surface area contributed by atoms with Crippen LogP contribution >= 0.6 is 11.3 Å². The summed E-state index contributed by atoms with van der Waals surface area (Å²) in [5.41, 5.74) is 8.59. The van der Waals surface area contributed by atoms with Crippen molar-refractivity contribution < 1.29 is 4.79 Å². The zero-order chi connectivity index (χ0) is 18.6. The molecule has 1 aliphatic rings. The highest BCUT2D eigenvalue weighted by molar-refractivity contribution is 7.18. The Hall–Kier alpha value is -2.28. The maximum atomic E-state index is 12.3. The third-order valence-electron chi connectivity index (χ3n) is 5.03. The van der Waals surface area contributed by atoms with Gasteiger partial charge in [-0.2, -0.15) is 0 Å². The van der Waals surface area contributed by atoms with Gasteiger partial charge in [0.15, 0.2) is 0 Å². The lowest BCUT2D eigenvalue weighted by Gasteiger charge is -2.15. The molecule has 2 aromatic carbocycles. The van der Waals surface area contributed by atoms with Gasteiger partial charge >= 0.3 is 0 Å². The summed E-state index contributed by atoms with van der Waals surface area (Å²) in [4.78, 5) is 19.1. The van der Waals surface area contributed by atoms with E-state index in [4.69, 9.17) is 5.73 Å². The molecule has 3 N–H and O–H groups in total. The third kappa shape index (κ3) is 4.35. The van der Waals surface area contributed by atoms with Crippen molar-refractivity contribution in [3.8, 4) is 0 Å². The largest absolute Gasteiger partial charge is 0.355 e. The lowest BCUT2D eigenvalue weighted by molar-refractivity contribution is -0.122. The first-order valence-corrected chi connectivity index (χ1v) is 10.1. The zero-order valence-electron chi connectivity index (χ0n) is 15.2. The molecule has 1 fully saturated rings. The van der Waals surface area contributed by atoms with Crippen LogP contribution in [0.1, 0.15) is 16.5 Å². The third-order valence-corrected chi connectivity index (χ3v) is 6.13. The van der Waals surface area contributed by atoms with Crippen molar-refractivity contribution >= 4 is 27.5 Å². The Morgan fingerprint density at radius 3 is 2.74 bits per heavy atom. The summed E-state index contributed by atoms with van der Waals surface area (Å²) in [7, 11) is 0. The van der Waals surface area contributed by atoms with E-state index in [2.05, 4.69) is 33.4 Å². The summed E-state index contributed by atoms with van der Waals surface area (Å²) in [5, 5.41) is 4.08. The van der Waals surface area contributed by atoms with Crippen LogP contribution in [-0.2, 0) is 11.2 Å². The number of para-hydroxylation sites is 1. The fourth-order valence-corrected chi connectivity index (χ4v) is 4.66. The number of carbonyl (C=O) groups is 1. The number of aromatic nitrogens is 1. The van der Waals surface area contributed by atoms with Gasteiger partial charge in [-0.25, -0.2) is 4.98 Å². The minimum Gasteiger partial charge on any atom is -0.355 e. The smallest absolute Gasteiger partial charge is 0.234 e. The summed E-state index contributed by atoms with van der Waals surface area (Å²) in [6, 6.07) is 18.5. The SMILES string of the molecule is N[C@@H]1CN(CC(=O)NCCc2nc3ccccc3s2)C[C@H]1c1ccccc1. The van der Waals surface area contributed by atoms with Crippen molar-refractivity contribution in [1.29, 1.82) is 0 Å². The molecule has 2 heterocycles. The van der Waals surface area contributed by atoms with Crippen LogP contribution in [0, 0.1) is 0 Å². The van der Waals surface area contributed by atoms with Crippen LogP contribution in [0.2, 0.25) is 0 Å². The number of benzene rings is 2. The van der Waals surface area contributed by atoms with Gasteiger partial charge in [-0.05, 0) is 17.7 Å². The average Bonchev–Trinajstić information content (AvgIpc) is 3.25. The van der Waals surface area contributed by atoms with Crippen molar-refractivity contribution in [2.45, 2.75) is 18.4 Å². The topological polar surface area (TPSA) is 71.2 Å². The van der Waals surface area contributed by atoms with E-state index in [-0.39, 0.29) is 11.9 Å². The normalized spacial score (nSPS) is 20.2. The molecule has 1 aromatic heterocycles. The second kappa shape index (κ2) is 8.17. The molecule has 140 valence electrons. The van der Waals surface area contributed by atoms with Crippen LogP contribution in [0.4, 0.5) is 0 Å². The van der Waals surface area contributed by atoms with Crippen LogP contribution in [0.5, 0.6) is 0 Å². The number of nitrogens with zero attached hydrogens (tertiary/aromatic N) is 2. The van der Waals surface area contributed by atoms with Gasteiger partial charge in [-0.3, -0.25) is 9.69 Å². The van der Waals surface area contributed by atoms with Gasteiger partial charge in [0, 0.05) is 38.0 Å². The Kier molecular flexibility index (Phi) is 5.48. The number of nitrogens with two attached hydrogens (primary N) is 1. The standard InChI is InChI=1S/C21H24N4OS/c22-17-13-25(12-16(17)15-6-2-1-3-7-15)14-20(26)23-11-10-21-24-18-8-4-5-9-19(18)27-21/h1-9,16-17H,10-14,22H2,(H,23,26)/t16-,17+/m0/s1. The minimum absolute atomic E-state index is 0.0528. The fraction of sp³-hybridized carbons (Fsp3) is 0.333. The van der Waals surface area contributed by atoms with Crippen LogP contribution in [-0.4, -0.2) is 48.0 Å². The molecule has 5 nitrogen and oxygen atoms in total. The predicted molar refractivity (Wildman–Crippen MR) is 110 cm³/mol. The number of hydrogen-bond donors (Lipinski definition) is 2. The van der Waals surface area contributed by atoms with Gasteiger partial charge in [0.25, 0.3) is 0 Å². The predicted octanol–water partition coefficient (Wildman–Crippen LogP) is 2.38. The Balaban J connectivity index is 1.25. The number of likely N-dealkylation sites (tertiary alicyclic amines) is 1. The molecule has 27 heavy (non-hydrogen) atoms. The number of thiazole rings is 1. The number of carbonyl (C=O) groups excluding carboxylic acids is 1. The number of nitrogens with one attached hydrogen (secondary N) is 1. The minimum atomic E-state index is 0.0528. The molecule has 1 aliphatic heterocycles. The monoisotopic (exact) mass is 380 g/mol. The van der Waals surface area contributed by atoms with Gasteiger partial charge < -0.3 is 11.1 Å². The second-order valence-electron chi connectivity index (χ2n) is 7.05. The van der Waals surface area contributed by atoms with E-state index in [0.29, 0.717) is 19.0 Å². The fourth-order valence-electron chi connectivity index (χ4n) is 3.69. The summed E-state index contributed by atoms with van der Waals surface area (Å²) in [5.74, 6) is 0.346. The molecule has 2 atom stereocenters. The quantitative estimate of drug-likeness (QED) is 0.689. The first-order valence-electron chi connectivity index (χ1n) is 9.33. The Bertz CT molecular complexity index is 878. The van der Waals surface area contributed by atoms with Crippen molar-refractivity contribution in [2.24, 2.45) is 5.73 Å². The number of fused-ring (bicyclic) bond motifs is 1.